The zero-order chi connectivity index (χ0) is 14.8. The van der Waals surface area contributed by atoms with E-state index in [1.807, 2.05) is 29.2 Å². The Bertz CT molecular complexity index is 561. The van der Waals surface area contributed by atoms with Crippen molar-refractivity contribution in [1.29, 1.82) is 0 Å². The van der Waals surface area contributed by atoms with Crippen molar-refractivity contribution in [1.82, 2.24) is 10.2 Å². The Morgan fingerprint density at radius 1 is 1.24 bits per heavy atom. The largest absolute Gasteiger partial charge is 0.454 e. The Balaban J connectivity index is 1.66. The van der Waals surface area contributed by atoms with Gasteiger partial charge in [-0.25, -0.2) is 0 Å². The molecule has 0 saturated carbocycles. The maximum Gasteiger partial charge on any atom is 0.246 e. The molecule has 112 valence electrons. The molecule has 1 aromatic rings. The van der Waals surface area contributed by atoms with Crippen LogP contribution in [-0.4, -0.2) is 42.8 Å². The summed E-state index contributed by atoms with van der Waals surface area (Å²) in [5.41, 5.74) is 0.934. The van der Waals surface area contributed by atoms with Crippen LogP contribution in [-0.2, 0) is 4.79 Å². The molecule has 5 heteroatoms. The molecule has 2 aliphatic heterocycles. The summed E-state index contributed by atoms with van der Waals surface area (Å²) < 4.78 is 10.6. The summed E-state index contributed by atoms with van der Waals surface area (Å²) in [5.74, 6) is 1.53. The van der Waals surface area contributed by atoms with Gasteiger partial charge in [-0.05, 0) is 37.6 Å². The van der Waals surface area contributed by atoms with Crippen LogP contribution in [0.5, 0.6) is 11.5 Å². The highest BCUT2D eigenvalue weighted by Gasteiger charge is 2.23. The second-order valence-electron chi connectivity index (χ2n) is 5.66. The van der Waals surface area contributed by atoms with Crippen LogP contribution in [0.4, 0.5) is 0 Å². The summed E-state index contributed by atoms with van der Waals surface area (Å²) in [6.45, 7) is 5.94. The van der Waals surface area contributed by atoms with Crippen LogP contribution in [0.15, 0.2) is 24.3 Å². The molecule has 1 fully saturated rings. The van der Waals surface area contributed by atoms with Gasteiger partial charge in [0.05, 0.1) is 0 Å². The second-order valence-corrected chi connectivity index (χ2v) is 5.66. The Hall–Kier alpha value is -2.01. The number of ether oxygens (including phenoxy) is 2. The standard InChI is InChI=1S/C16H20N2O3/c1-11-8-18(9-12(2)17-11)16(19)6-4-13-3-5-14-15(7-13)21-10-20-14/h3-7,11-12,17H,8-10H2,1-2H3. The monoisotopic (exact) mass is 288 g/mol. The first-order valence-corrected chi connectivity index (χ1v) is 7.24. The van der Waals surface area contributed by atoms with Crippen LogP contribution in [0.1, 0.15) is 19.4 Å². The molecule has 2 atom stereocenters. The summed E-state index contributed by atoms with van der Waals surface area (Å²) >= 11 is 0. The number of fused-ring (bicyclic) bond motifs is 1. The molecular weight excluding hydrogens is 268 g/mol. The molecule has 3 rings (SSSR count). The highest BCUT2D eigenvalue weighted by Crippen LogP contribution is 2.32. The number of hydrogen-bond acceptors (Lipinski definition) is 4. The lowest BCUT2D eigenvalue weighted by molar-refractivity contribution is -0.127. The molecule has 0 aromatic heterocycles. The third kappa shape index (κ3) is 3.19. The van der Waals surface area contributed by atoms with Crippen LogP contribution in [0.3, 0.4) is 0 Å². The lowest BCUT2D eigenvalue weighted by atomic mass is 10.1. The predicted molar refractivity (Wildman–Crippen MR) is 80.2 cm³/mol. The number of piperazine rings is 1. The van der Waals surface area contributed by atoms with E-state index in [1.54, 1.807) is 6.08 Å². The molecule has 2 heterocycles. The zero-order valence-electron chi connectivity index (χ0n) is 12.3. The molecule has 0 spiro atoms. The van der Waals surface area contributed by atoms with E-state index in [9.17, 15) is 4.79 Å². The van der Waals surface area contributed by atoms with Gasteiger partial charge in [-0.15, -0.1) is 0 Å². The predicted octanol–water partition coefficient (Wildman–Crippen LogP) is 1.64. The van der Waals surface area contributed by atoms with E-state index >= 15 is 0 Å². The SMILES string of the molecule is CC1CN(C(=O)C=Cc2ccc3c(c2)OCO3)CC(C)N1. The van der Waals surface area contributed by atoms with Gasteiger partial charge in [0.15, 0.2) is 11.5 Å². The van der Waals surface area contributed by atoms with Gasteiger partial charge in [-0.3, -0.25) is 4.79 Å². The second kappa shape index (κ2) is 5.77. The molecule has 1 saturated heterocycles. The first-order valence-electron chi connectivity index (χ1n) is 7.24. The number of benzene rings is 1. The van der Waals surface area contributed by atoms with Gasteiger partial charge in [-0.2, -0.15) is 0 Å². The highest BCUT2D eigenvalue weighted by atomic mass is 16.7. The van der Waals surface area contributed by atoms with Gasteiger partial charge in [0.1, 0.15) is 0 Å². The average molecular weight is 288 g/mol. The van der Waals surface area contributed by atoms with Gasteiger partial charge in [0.2, 0.25) is 12.7 Å². The summed E-state index contributed by atoms with van der Waals surface area (Å²) in [6.07, 6.45) is 3.45. The molecule has 0 radical (unpaired) electrons. The zero-order valence-corrected chi connectivity index (χ0v) is 12.3. The molecule has 1 N–H and O–H groups in total. The smallest absolute Gasteiger partial charge is 0.246 e. The first kappa shape index (κ1) is 13.9. The number of carbonyl (C=O) groups is 1. The minimum Gasteiger partial charge on any atom is -0.454 e. The number of rotatable bonds is 2. The van der Waals surface area contributed by atoms with Crippen molar-refractivity contribution in [3.05, 3.63) is 29.8 Å². The molecule has 2 aliphatic rings. The Kier molecular flexibility index (Phi) is 3.84. The van der Waals surface area contributed by atoms with Gasteiger partial charge < -0.3 is 19.7 Å². The number of carbonyl (C=O) groups excluding carboxylic acids is 1. The number of hydrogen-bond donors (Lipinski definition) is 1. The molecule has 0 aliphatic carbocycles. The quantitative estimate of drug-likeness (QED) is 0.841. The van der Waals surface area contributed by atoms with Crippen molar-refractivity contribution in [2.45, 2.75) is 25.9 Å². The molecule has 0 bridgehead atoms. The molecule has 1 aromatic carbocycles. The fourth-order valence-electron chi connectivity index (χ4n) is 2.80. The Morgan fingerprint density at radius 2 is 1.95 bits per heavy atom. The van der Waals surface area contributed by atoms with E-state index < -0.39 is 0 Å². The van der Waals surface area contributed by atoms with Crippen molar-refractivity contribution in [2.75, 3.05) is 19.9 Å². The van der Waals surface area contributed by atoms with E-state index in [-0.39, 0.29) is 12.7 Å². The van der Waals surface area contributed by atoms with Crippen molar-refractivity contribution in [3.8, 4) is 11.5 Å². The van der Waals surface area contributed by atoms with Gasteiger partial charge in [0, 0.05) is 31.2 Å². The topological polar surface area (TPSA) is 50.8 Å². The number of amides is 1. The van der Waals surface area contributed by atoms with E-state index in [0.29, 0.717) is 12.1 Å². The van der Waals surface area contributed by atoms with Crippen LogP contribution < -0.4 is 14.8 Å². The van der Waals surface area contributed by atoms with Gasteiger partial charge in [0.25, 0.3) is 0 Å². The molecule has 21 heavy (non-hydrogen) atoms. The minimum atomic E-state index is 0.0490. The van der Waals surface area contributed by atoms with Crippen molar-refractivity contribution >= 4 is 12.0 Å². The average Bonchev–Trinajstić information content (AvgIpc) is 2.91. The van der Waals surface area contributed by atoms with Crippen LogP contribution >= 0.6 is 0 Å². The van der Waals surface area contributed by atoms with Crippen molar-refractivity contribution in [2.24, 2.45) is 0 Å². The number of nitrogens with one attached hydrogen (secondary N) is 1. The lowest BCUT2D eigenvalue weighted by Gasteiger charge is -2.35. The first-order chi connectivity index (χ1) is 10.1. The summed E-state index contributed by atoms with van der Waals surface area (Å²) in [5, 5.41) is 3.42. The van der Waals surface area contributed by atoms with Crippen molar-refractivity contribution < 1.29 is 14.3 Å². The van der Waals surface area contributed by atoms with Crippen LogP contribution in [0.25, 0.3) is 6.08 Å². The number of nitrogens with zero attached hydrogens (tertiary/aromatic N) is 1. The lowest BCUT2D eigenvalue weighted by Crippen LogP contribution is -2.55. The normalized spacial score (nSPS) is 24.6. The highest BCUT2D eigenvalue weighted by molar-refractivity contribution is 5.92. The van der Waals surface area contributed by atoms with Crippen molar-refractivity contribution in [3.63, 3.8) is 0 Å². The Labute approximate surface area is 124 Å². The van der Waals surface area contributed by atoms with Gasteiger partial charge >= 0.3 is 0 Å². The molecule has 1 amide bonds. The molecular formula is C16H20N2O3. The molecule has 5 nitrogen and oxygen atoms in total. The Morgan fingerprint density at radius 3 is 2.71 bits per heavy atom. The summed E-state index contributed by atoms with van der Waals surface area (Å²) in [4.78, 5) is 14.1. The summed E-state index contributed by atoms with van der Waals surface area (Å²) in [7, 11) is 0. The maximum absolute atomic E-state index is 12.3. The van der Waals surface area contributed by atoms with E-state index in [2.05, 4.69) is 19.2 Å². The van der Waals surface area contributed by atoms with Crippen LogP contribution in [0.2, 0.25) is 0 Å². The van der Waals surface area contributed by atoms with Crippen LogP contribution in [0, 0.1) is 0 Å². The molecule has 2 unspecified atom stereocenters. The fraction of sp³-hybridized carbons (Fsp3) is 0.438. The van der Waals surface area contributed by atoms with E-state index in [4.69, 9.17) is 9.47 Å². The van der Waals surface area contributed by atoms with E-state index in [0.717, 1.165) is 30.2 Å². The maximum atomic E-state index is 12.3. The fourth-order valence-corrected chi connectivity index (χ4v) is 2.80. The third-order valence-electron chi connectivity index (χ3n) is 3.68. The van der Waals surface area contributed by atoms with Gasteiger partial charge in [-0.1, -0.05) is 6.07 Å². The van der Waals surface area contributed by atoms with E-state index in [1.165, 1.54) is 0 Å². The third-order valence-corrected chi connectivity index (χ3v) is 3.68. The minimum absolute atomic E-state index is 0.0490. The summed E-state index contributed by atoms with van der Waals surface area (Å²) in [6, 6.07) is 6.32.